The van der Waals surface area contributed by atoms with Crippen molar-refractivity contribution in [2.45, 2.75) is 120 Å². The zero-order chi connectivity index (χ0) is 31.7. The first kappa shape index (κ1) is 40.7. The Hall–Kier alpha value is -2.35. The van der Waals surface area contributed by atoms with Crippen molar-refractivity contribution in [2.75, 3.05) is 0 Å². The minimum absolute atomic E-state index is 0. The molecule has 3 aromatic carbocycles. The molecule has 0 saturated carbocycles. The largest absolute Gasteiger partial charge is 3.00 e. The molecule has 7 heteroatoms. The van der Waals surface area contributed by atoms with Crippen LogP contribution >= 0.6 is 0 Å². The summed E-state index contributed by atoms with van der Waals surface area (Å²) in [5.74, 6) is 4.41. The maximum absolute atomic E-state index is 5.50. The number of hydrogen-bond donors (Lipinski definition) is 0. The number of benzene rings is 3. The van der Waals surface area contributed by atoms with Crippen LogP contribution in [0.15, 0.2) is 54.6 Å². The van der Waals surface area contributed by atoms with E-state index in [0.29, 0.717) is 0 Å². The van der Waals surface area contributed by atoms with E-state index in [0.717, 1.165) is 34.5 Å². The second-order valence-electron chi connectivity index (χ2n) is 11.1. The molecule has 3 aromatic rings. The Morgan fingerprint density at radius 1 is 0.326 bits per heavy atom. The van der Waals surface area contributed by atoms with Crippen LogP contribution in [-0.4, -0.2) is 36.6 Å². The van der Waals surface area contributed by atoms with Crippen molar-refractivity contribution >= 4 is 0 Å². The molecule has 0 unspecified atom stereocenters. The zero-order valence-corrected chi connectivity index (χ0v) is 31.8. The molecule has 0 fully saturated rings. The molecule has 0 radical (unpaired) electrons. The first-order valence-electron chi connectivity index (χ1n) is 14.8. The van der Waals surface area contributed by atoms with Crippen molar-refractivity contribution in [3.8, 4) is 34.5 Å². The SMILES string of the molecule is CC(C)Oc1[c-]c(OC(C)C)ccc1.CC(C)Oc1[c-]c(OC(C)C)ccc1.CC(C)Oc1[c-]c(OC(C)C)ccc1.[La+3]. The van der Waals surface area contributed by atoms with E-state index >= 15 is 0 Å². The molecule has 0 amide bonds. The van der Waals surface area contributed by atoms with Crippen LogP contribution in [0.2, 0.25) is 0 Å². The molecule has 0 aliphatic rings. The van der Waals surface area contributed by atoms with E-state index in [9.17, 15) is 0 Å². The van der Waals surface area contributed by atoms with Crippen LogP contribution < -0.4 is 28.4 Å². The van der Waals surface area contributed by atoms with E-state index in [-0.39, 0.29) is 72.2 Å². The van der Waals surface area contributed by atoms with E-state index < -0.39 is 0 Å². The maximum Gasteiger partial charge on any atom is 3.00 e. The molecule has 0 aromatic heterocycles. The summed E-state index contributed by atoms with van der Waals surface area (Å²) in [6, 6.07) is 26.2. The predicted molar refractivity (Wildman–Crippen MR) is 170 cm³/mol. The molecular weight excluding hydrogens is 667 g/mol. The van der Waals surface area contributed by atoms with Crippen LogP contribution in [0, 0.1) is 53.8 Å². The third-order valence-corrected chi connectivity index (χ3v) is 4.40. The van der Waals surface area contributed by atoms with Crippen LogP contribution in [-0.2, 0) is 0 Å². The van der Waals surface area contributed by atoms with Gasteiger partial charge in [-0.15, -0.1) is 36.4 Å². The average Bonchev–Trinajstić information content (AvgIpc) is 2.83. The fourth-order valence-electron chi connectivity index (χ4n) is 3.22. The molecule has 234 valence electrons. The number of ether oxygens (including phenoxy) is 6. The van der Waals surface area contributed by atoms with Crippen molar-refractivity contribution in [2.24, 2.45) is 0 Å². The standard InChI is InChI=1S/3C12H17O2.La/c3*1-9(2)13-11-6-5-7-12(8-11)14-10(3)4;/h3*5-7,9-10H,1-4H3;/q3*-1;+3. The molecule has 0 heterocycles. The molecule has 0 bridgehead atoms. The summed E-state index contributed by atoms with van der Waals surface area (Å²) in [4.78, 5) is 0. The Morgan fingerprint density at radius 2 is 0.465 bits per heavy atom. The van der Waals surface area contributed by atoms with Crippen molar-refractivity contribution in [3.63, 3.8) is 0 Å². The zero-order valence-electron chi connectivity index (χ0n) is 28.2. The first-order valence-corrected chi connectivity index (χ1v) is 14.8. The first-order chi connectivity index (χ1) is 19.7. The van der Waals surface area contributed by atoms with Crippen LogP contribution in [0.4, 0.5) is 0 Å². The molecular formula is C36H51LaO6. The van der Waals surface area contributed by atoms with Gasteiger partial charge in [0.25, 0.3) is 0 Å². The monoisotopic (exact) mass is 718 g/mol. The van der Waals surface area contributed by atoms with Gasteiger partial charge in [0.05, 0.1) is 36.6 Å². The minimum Gasteiger partial charge on any atom is -0.517 e. The van der Waals surface area contributed by atoms with Crippen molar-refractivity contribution in [1.82, 2.24) is 0 Å². The fourth-order valence-corrected chi connectivity index (χ4v) is 3.22. The predicted octanol–water partition coefficient (Wildman–Crippen LogP) is 9.18. The van der Waals surface area contributed by atoms with Gasteiger partial charge in [-0.2, -0.15) is 18.2 Å². The topological polar surface area (TPSA) is 55.4 Å². The third kappa shape index (κ3) is 21.1. The fraction of sp³-hybridized carbons (Fsp3) is 0.500. The summed E-state index contributed by atoms with van der Waals surface area (Å²) in [6.07, 6.45) is 1.00. The van der Waals surface area contributed by atoms with Gasteiger partial charge in [0.15, 0.2) is 0 Å². The van der Waals surface area contributed by atoms with Gasteiger partial charge in [-0.3, -0.25) is 0 Å². The van der Waals surface area contributed by atoms with Crippen LogP contribution in [0.1, 0.15) is 83.1 Å². The molecule has 0 atom stereocenters. The molecule has 6 nitrogen and oxygen atoms in total. The normalized spacial score (nSPS) is 10.5. The minimum atomic E-state index is 0. The Labute approximate surface area is 289 Å². The van der Waals surface area contributed by atoms with Gasteiger partial charge in [0, 0.05) is 34.5 Å². The Balaban J connectivity index is 0.000000608. The summed E-state index contributed by atoms with van der Waals surface area (Å²) in [6.45, 7) is 23.9. The van der Waals surface area contributed by atoms with E-state index in [1.807, 2.05) is 138 Å². The summed E-state index contributed by atoms with van der Waals surface area (Å²) < 4.78 is 33.0. The van der Waals surface area contributed by atoms with Gasteiger partial charge >= 0.3 is 35.6 Å². The van der Waals surface area contributed by atoms with Gasteiger partial charge in [-0.25, -0.2) is 0 Å². The molecule has 43 heavy (non-hydrogen) atoms. The molecule has 3 rings (SSSR count). The molecule has 0 aliphatic heterocycles. The van der Waals surface area contributed by atoms with Crippen molar-refractivity contribution in [1.29, 1.82) is 0 Å². The van der Waals surface area contributed by atoms with E-state index in [1.165, 1.54) is 0 Å². The molecule has 0 aliphatic carbocycles. The van der Waals surface area contributed by atoms with Crippen molar-refractivity contribution in [3.05, 3.63) is 72.8 Å². The second-order valence-corrected chi connectivity index (χ2v) is 11.1. The third-order valence-electron chi connectivity index (χ3n) is 4.40. The van der Waals surface area contributed by atoms with Gasteiger partial charge in [-0.05, 0) is 83.1 Å². The molecule has 0 N–H and O–H groups in total. The summed E-state index contributed by atoms with van der Waals surface area (Å²) in [5.41, 5.74) is 0. The van der Waals surface area contributed by atoms with Crippen LogP contribution in [0.3, 0.4) is 0 Å². The summed E-state index contributed by atoms with van der Waals surface area (Å²) >= 11 is 0. The van der Waals surface area contributed by atoms with E-state index in [2.05, 4.69) is 18.2 Å². The Kier molecular flexibility index (Phi) is 21.0. The quantitative estimate of drug-likeness (QED) is 0.174. The average molecular weight is 719 g/mol. The van der Waals surface area contributed by atoms with Crippen molar-refractivity contribution < 1.29 is 64.0 Å². The van der Waals surface area contributed by atoms with Crippen LogP contribution in [0.25, 0.3) is 0 Å². The number of rotatable bonds is 12. The van der Waals surface area contributed by atoms with Gasteiger partial charge in [-0.1, -0.05) is 18.2 Å². The van der Waals surface area contributed by atoms with Gasteiger partial charge < -0.3 is 28.4 Å². The van der Waals surface area contributed by atoms with E-state index in [4.69, 9.17) is 28.4 Å². The molecule has 0 saturated heterocycles. The van der Waals surface area contributed by atoms with Gasteiger partial charge in [0.1, 0.15) is 0 Å². The summed E-state index contributed by atoms with van der Waals surface area (Å²) in [5, 5.41) is 0. The molecule has 0 spiro atoms. The van der Waals surface area contributed by atoms with E-state index in [1.54, 1.807) is 0 Å². The van der Waals surface area contributed by atoms with Gasteiger partial charge in [0.2, 0.25) is 0 Å². The summed E-state index contributed by atoms with van der Waals surface area (Å²) in [7, 11) is 0. The maximum atomic E-state index is 5.50. The smallest absolute Gasteiger partial charge is 0.517 e. The van der Waals surface area contributed by atoms with Crippen LogP contribution in [0.5, 0.6) is 34.5 Å². The Bertz CT molecular complexity index is 911. The second kappa shape index (κ2) is 22.2. The number of hydrogen-bond acceptors (Lipinski definition) is 6. The Morgan fingerprint density at radius 3 is 0.581 bits per heavy atom.